The molecule has 2 nitrogen and oxygen atoms in total. The second kappa shape index (κ2) is 7.34. The summed E-state index contributed by atoms with van der Waals surface area (Å²) in [5.74, 6) is 1.64. The van der Waals surface area contributed by atoms with Crippen LogP contribution >= 0.6 is 0 Å². The zero-order chi connectivity index (χ0) is 13.5. The van der Waals surface area contributed by atoms with Gasteiger partial charge in [-0.1, -0.05) is 26.3 Å². The molecule has 0 bridgehead atoms. The molecule has 0 aromatic heterocycles. The lowest BCUT2D eigenvalue weighted by atomic mass is 10.1. The Balaban J connectivity index is 1.64. The Morgan fingerprint density at radius 1 is 1.11 bits per heavy atom. The average molecular weight is 260 g/mol. The van der Waals surface area contributed by atoms with Crippen LogP contribution in [0.1, 0.15) is 38.7 Å². The van der Waals surface area contributed by atoms with Crippen LogP contribution in [0, 0.1) is 5.92 Å². The van der Waals surface area contributed by atoms with Gasteiger partial charge in [-0.3, -0.25) is 0 Å². The van der Waals surface area contributed by atoms with Crippen molar-refractivity contribution in [2.24, 2.45) is 5.92 Å². The van der Waals surface area contributed by atoms with E-state index in [0.29, 0.717) is 5.92 Å². The first-order valence-corrected chi connectivity index (χ1v) is 7.30. The Morgan fingerprint density at radius 3 is 2.84 bits per heavy atom. The highest BCUT2D eigenvalue weighted by atomic mass is 16.5. The van der Waals surface area contributed by atoms with Crippen LogP contribution in [0.2, 0.25) is 0 Å². The Labute approximate surface area is 116 Å². The fourth-order valence-electron chi connectivity index (χ4n) is 2.29. The summed E-state index contributed by atoms with van der Waals surface area (Å²) in [6, 6.07) is 8.35. The maximum absolute atomic E-state index is 5.59. The Bertz CT molecular complexity index is 445. The van der Waals surface area contributed by atoms with Crippen LogP contribution in [0.3, 0.4) is 0 Å². The van der Waals surface area contributed by atoms with Gasteiger partial charge in [0.1, 0.15) is 5.76 Å². The quantitative estimate of drug-likeness (QED) is 0.638. The molecule has 2 aliphatic rings. The lowest BCUT2D eigenvalue weighted by molar-refractivity contribution is 0.106. The number of hydrogen-bond donors (Lipinski definition) is 0. The van der Waals surface area contributed by atoms with E-state index < -0.39 is 0 Å². The smallest absolute Gasteiger partial charge is 0.134 e. The molecule has 0 fully saturated rings. The molecule has 0 spiro atoms. The lowest BCUT2D eigenvalue weighted by Crippen LogP contribution is -2.03. The molecule has 0 amide bonds. The molecule has 0 aromatic carbocycles. The first kappa shape index (κ1) is 14.1. The predicted molar refractivity (Wildman–Crippen MR) is 78.5 cm³/mol. The van der Waals surface area contributed by atoms with E-state index in [9.17, 15) is 0 Å². The van der Waals surface area contributed by atoms with Gasteiger partial charge >= 0.3 is 0 Å². The van der Waals surface area contributed by atoms with E-state index >= 15 is 0 Å². The summed E-state index contributed by atoms with van der Waals surface area (Å²) >= 11 is 0. The molecule has 0 atom stereocenters. The van der Waals surface area contributed by atoms with E-state index in [4.69, 9.17) is 9.15 Å². The van der Waals surface area contributed by atoms with Gasteiger partial charge in [0.05, 0.1) is 6.26 Å². The van der Waals surface area contributed by atoms with Gasteiger partial charge in [-0.25, -0.2) is 0 Å². The average Bonchev–Trinajstić information content (AvgIpc) is 2.81. The van der Waals surface area contributed by atoms with Gasteiger partial charge in [-0.2, -0.15) is 0 Å². The molecule has 0 unspecified atom stereocenters. The third-order valence-corrected chi connectivity index (χ3v) is 3.27. The van der Waals surface area contributed by atoms with Crippen LogP contribution in [0.5, 0.6) is 0 Å². The van der Waals surface area contributed by atoms with Gasteiger partial charge in [0.15, 0.2) is 0 Å². The minimum Gasteiger partial charge on any atom is -0.464 e. The van der Waals surface area contributed by atoms with Crippen molar-refractivity contribution in [1.29, 1.82) is 0 Å². The Hall–Kier alpha value is -1.28. The number of hydrogen-bond acceptors (Lipinski definition) is 2. The number of aryl methyl sites for hydroxylation is 1. The summed E-state index contributed by atoms with van der Waals surface area (Å²) in [4.78, 5) is 0. The molecule has 2 rings (SSSR count). The zero-order valence-electron chi connectivity index (χ0n) is 12.0. The zero-order valence-corrected chi connectivity index (χ0v) is 12.0. The van der Waals surface area contributed by atoms with Crippen molar-refractivity contribution >= 4 is 0 Å². The summed E-state index contributed by atoms with van der Waals surface area (Å²) in [7, 11) is 0. The van der Waals surface area contributed by atoms with Crippen LogP contribution in [0.4, 0.5) is 0 Å². The van der Waals surface area contributed by atoms with Gasteiger partial charge in [-0.05, 0) is 48.9 Å². The third-order valence-electron chi connectivity index (χ3n) is 3.27. The van der Waals surface area contributed by atoms with Crippen LogP contribution in [-0.4, -0.2) is 13.2 Å². The maximum atomic E-state index is 5.59. The van der Waals surface area contributed by atoms with E-state index in [1.165, 1.54) is 24.0 Å². The van der Waals surface area contributed by atoms with E-state index in [2.05, 4.69) is 32.0 Å². The highest BCUT2D eigenvalue weighted by molar-refractivity contribution is 5.65. The Kier molecular flexibility index (Phi) is 5.46. The minimum absolute atomic E-state index is 0.638. The van der Waals surface area contributed by atoms with Crippen molar-refractivity contribution in [3.8, 4) is 11.3 Å². The molecular weight excluding hydrogens is 236 g/mol. The molecular formula is C17H24O2. The topological polar surface area (TPSA) is 22.4 Å². The summed E-state index contributed by atoms with van der Waals surface area (Å²) < 4.78 is 11.0. The predicted octanol–water partition coefficient (Wildman–Crippen LogP) is 4.77. The van der Waals surface area contributed by atoms with E-state index in [-0.39, 0.29) is 0 Å². The monoisotopic (exact) mass is 260 g/mol. The molecule has 1 aliphatic carbocycles. The van der Waals surface area contributed by atoms with Crippen molar-refractivity contribution in [3.63, 3.8) is 0 Å². The SMILES string of the molecule is CC(C)COCCCCCc1ccc2occcc1-2. The van der Waals surface area contributed by atoms with Crippen molar-refractivity contribution in [2.75, 3.05) is 13.2 Å². The molecule has 1 heterocycles. The molecule has 0 saturated carbocycles. The molecule has 0 aromatic rings. The fraction of sp³-hybridized carbons (Fsp3) is 0.529. The summed E-state index contributed by atoms with van der Waals surface area (Å²) in [6.07, 6.45) is 6.48. The minimum atomic E-state index is 0.638. The molecule has 0 N–H and O–H groups in total. The van der Waals surface area contributed by atoms with Crippen molar-refractivity contribution in [2.45, 2.75) is 39.5 Å². The Morgan fingerprint density at radius 2 is 2.00 bits per heavy atom. The summed E-state index contributed by atoms with van der Waals surface area (Å²) in [5, 5.41) is 0. The number of unbranched alkanes of at least 4 members (excludes halogenated alkanes) is 2. The lowest BCUT2D eigenvalue weighted by Gasteiger charge is -2.06. The van der Waals surface area contributed by atoms with Crippen molar-refractivity contribution in [3.05, 3.63) is 36.1 Å². The second-order valence-corrected chi connectivity index (χ2v) is 5.53. The highest BCUT2D eigenvalue weighted by Crippen LogP contribution is 2.28. The maximum Gasteiger partial charge on any atom is 0.134 e. The van der Waals surface area contributed by atoms with E-state index in [1.807, 2.05) is 6.07 Å². The van der Waals surface area contributed by atoms with Crippen LogP contribution < -0.4 is 0 Å². The van der Waals surface area contributed by atoms with Gasteiger partial charge in [0.2, 0.25) is 0 Å². The van der Waals surface area contributed by atoms with Crippen LogP contribution in [0.15, 0.2) is 34.9 Å². The van der Waals surface area contributed by atoms with Crippen molar-refractivity contribution in [1.82, 2.24) is 0 Å². The fourth-order valence-corrected chi connectivity index (χ4v) is 2.29. The molecule has 19 heavy (non-hydrogen) atoms. The first-order valence-electron chi connectivity index (χ1n) is 7.30. The van der Waals surface area contributed by atoms with E-state index in [0.717, 1.165) is 31.8 Å². The second-order valence-electron chi connectivity index (χ2n) is 5.53. The van der Waals surface area contributed by atoms with Gasteiger partial charge in [0.25, 0.3) is 0 Å². The largest absolute Gasteiger partial charge is 0.464 e. The van der Waals surface area contributed by atoms with E-state index in [1.54, 1.807) is 6.26 Å². The number of fused-ring (bicyclic) bond motifs is 1. The summed E-state index contributed by atoms with van der Waals surface area (Å²) in [5.41, 5.74) is 2.67. The number of ether oxygens (including phenoxy) is 1. The number of rotatable bonds is 8. The molecule has 0 saturated heterocycles. The first-order chi connectivity index (χ1) is 9.27. The van der Waals surface area contributed by atoms with Gasteiger partial charge in [-0.15, -0.1) is 0 Å². The molecule has 0 radical (unpaired) electrons. The third kappa shape index (κ3) is 4.39. The van der Waals surface area contributed by atoms with Crippen LogP contribution in [0.25, 0.3) is 11.3 Å². The molecule has 2 heteroatoms. The highest BCUT2D eigenvalue weighted by Gasteiger charge is 2.09. The van der Waals surface area contributed by atoms with Gasteiger partial charge < -0.3 is 9.15 Å². The van der Waals surface area contributed by atoms with Crippen LogP contribution in [-0.2, 0) is 11.2 Å². The normalized spacial score (nSPS) is 11.5. The standard InChI is InChI=1S/C17H24O2/c1-14(2)13-18-11-5-3-4-7-15-9-10-17-16(15)8-6-12-19-17/h6,8-10,12,14H,3-5,7,11,13H2,1-2H3. The van der Waals surface area contributed by atoms with Crippen molar-refractivity contribution < 1.29 is 9.15 Å². The van der Waals surface area contributed by atoms with Gasteiger partial charge in [0, 0.05) is 18.8 Å². The molecule has 1 aliphatic heterocycles. The summed E-state index contributed by atoms with van der Waals surface area (Å²) in [6.45, 7) is 6.15. The molecule has 104 valence electrons.